The van der Waals surface area contributed by atoms with E-state index in [0.717, 1.165) is 24.4 Å². The van der Waals surface area contributed by atoms with E-state index in [2.05, 4.69) is 9.97 Å². The van der Waals surface area contributed by atoms with Gasteiger partial charge in [-0.05, 0) is 24.1 Å². The van der Waals surface area contributed by atoms with Gasteiger partial charge >= 0.3 is 6.18 Å². The molecular formula is C13H9F5N2O2. The molecule has 2 rings (SSSR count). The van der Waals surface area contributed by atoms with E-state index in [1.165, 1.54) is 0 Å². The molecule has 0 spiro atoms. The average molecular weight is 320 g/mol. The summed E-state index contributed by atoms with van der Waals surface area (Å²) in [7, 11) is 0. The summed E-state index contributed by atoms with van der Waals surface area (Å²) in [5, 5.41) is 8.71. The van der Waals surface area contributed by atoms with Gasteiger partial charge in [-0.25, -0.2) is 13.8 Å². The normalized spacial score (nSPS) is 11.5. The van der Waals surface area contributed by atoms with Gasteiger partial charge in [0, 0.05) is 18.9 Å². The largest absolute Gasteiger partial charge is 0.451 e. The van der Waals surface area contributed by atoms with Crippen LogP contribution < -0.4 is 4.74 Å². The predicted molar refractivity (Wildman–Crippen MR) is 64.3 cm³/mol. The standard InChI is InChI=1S/C13H9F5N2O2/c14-8-5-7(2-4-21)6-9(15)11(8)22-10-1-3-19-12(20-10)13(16,17)18/h1,3,5-6,21H,2,4H2. The molecule has 0 radical (unpaired) electrons. The summed E-state index contributed by atoms with van der Waals surface area (Å²) in [5.74, 6) is -5.24. The summed E-state index contributed by atoms with van der Waals surface area (Å²) in [6.45, 7) is -0.306. The second-order valence-corrected chi connectivity index (χ2v) is 4.18. The fourth-order valence-corrected chi connectivity index (χ4v) is 1.62. The Morgan fingerprint density at radius 1 is 1.14 bits per heavy atom. The van der Waals surface area contributed by atoms with Crippen LogP contribution in [-0.4, -0.2) is 21.7 Å². The summed E-state index contributed by atoms with van der Waals surface area (Å²) in [6, 6.07) is 2.77. The number of aromatic nitrogens is 2. The monoisotopic (exact) mass is 320 g/mol. The van der Waals surface area contributed by atoms with Crippen LogP contribution in [0.5, 0.6) is 11.6 Å². The molecule has 0 saturated heterocycles. The van der Waals surface area contributed by atoms with Crippen molar-refractivity contribution in [3.05, 3.63) is 47.4 Å². The number of hydrogen-bond acceptors (Lipinski definition) is 4. The lowest BCUT2D eigenvalue weighted by atomic mass is 10.1. The van der Waals surface area contributed by atoms with Gasteiger partial charge in [0.2, 0.25) is 17.5 Å². The molecule has 0 aliphatic heterocycles. The van der Waals surface area contributed by atoms with E-state index < -0.39 is 35.3 Å². The molecule has 0 atom stereocenters. The van der Waals surface area contributed by atoms with E-state index in [9.17, 15) is 22.0 Å². The highest BCUT2D eigenvalue weighted by atomic mass is 19.4. The van der Waals surface area contributed by atoms with Crippen LogP contribution in [0, 0.1) is 11.6 Å². The second-order valence-electron chi connectivity index (χ2n) is 4.18. The van der Waals surface area contributed by atoms with Crippen LogP contribution in [0.4, 0.5) is 22.0 Å². The highest BCUT2D eigenvalue weighted by Crippen LogP contribution is 2.30. The van der Waals surface area contributed by atoms with E-state index in [0.29, 0.717) is 0 Å². The number of aliphatic hydroxyl groups is 1. The maximum atomic E-state index is 13.7. The third-order valence-corrected chi connectivity index (χ3v) is 2.55. The SMILES string of the molecule is OCCc1cc(F)c(Oc2ccnc(C(F)(F)F)n2)c(F)c1. The summed E-state index contributed by atoms with van der Waals surface area (Å²) in [5.41, 5.74) is 0.184. The second kappa shape index (κ2) is 6.22. The lowest BCUT2D eigenvalue weighted by molar-refractivity contribution is -0.145. The zero-order chi connectivity index (χ0) is 16.3. The molecule has 4 nitrogen and oxygen atoms in total. The van der Waals surface area contributed by atoms with Gasteiger partial charge in [0.15, 0.2) is 11.6 Å². The Bertz CT molecular complexity index is 653. The van der Waals surface area contributed by atoms with E-state index in [1.54, 1.807) is 0 Å². The molecule has 0 bridgehead atoms. The van der Waals surface area contributed by atoms with Crippen LogP contribution in [0.15, 0.2) is 24.4 Å². The van der Waals surface area contributed by atoms with Crippen molar-refractivity contribution in [2.45, 2.75) is 12.6 Å². The molecule has 0 fully saturated rings. The Morgan fingerprint density at radius 2 is 1.77 bits per heavy atom. The number of aliphatic hydroxyl groups excluding tert-OH is 1. The molecule has 1 aromatic carbocycles. The van der Waals surface area contributed by atoms with E-state index >= 15 is 0 Å². The Kier molecular flexibility index (Phi) is 4.55. The molecule has 9 heteroatoms. The Morgan fingerprint density at radius 3 is 2.32 bits per heavy atom. The van der Waals surface area contributed by atoms with Gasteiger partial charge in [-0.3, -0.25) is 0 Å². The minimum Gasteiger partial charge on any atom is -0.433 e. The predicted octanol–water partition coefficient (Wildman–Crippen LogP) is 3.10. The molecule has 0 aliphatic carbocycles. The van der Waals surface area contributed by atoms with Crippen LogP contribution in [0.25, 0.3) is 0 Å². The average Bonchev–Trinajstić information content (AvgIpc) is 2.43. The Balaban J connectivity index is 2.31. The fourth-order valence-electron chi connectivity index (χ4n) is 1.62. The number of nitrogens with zero attached hydrogens (tertiary/aromatic N) is 2. The topological polar surface area (TPSA) is 55.2 Å². The number of hydrogen-bond donors (Lipinski definition) is 1. The number of benzene rings is 1. The first kappa shape index (κ1) is 16.1. The molecule has 118 valence electrons. The zero-order valence-electron chi connectivity index (χ0n) is 10.9. The third-order valence-electron chi connectivity index (χ3n) is 2.55. The number of halogens is 5. The number of rotatable bonds is 4. The third kappa shape index (κ3) is 3.67. The minimum absolute atomic E-state index is 0.0276. The summed E-state index contributed by atoms with van der Waals surface area (Å²) in [6.07, 6.45) is -4.01. The van der Waals surface area contributed by atoms with Crippen molar-refractivity contribution in [1.29, 1.82) is 0 Å². The van der Waals surface area contributed by atoms with Crippen LogP contribution in [0.2, 0.25) is 0 Å². The lowest BCUT2D eigenvalue weighted by Crippen LogP contribution is -2.11. The maximum absolute atomic E-state index is 13.7. The molecule has 0 amide bonds. The van der Waals surface area contributed by atoms with Crippen molar-refractivity contribution in [3.8, 4) is 11.6 Å². The quantitative estimate of drug-likeness (QED) is 0.880. The van der Waals surface area contributed by atoms with Gasteiger partial charge in [0.25, 0.3) is 0 Å². The van der Waals surface area contributed by atoms with Crippen molar-refractivity contribution in [2.75, 3.05) is 6.61 Å². The highest BCUT2D eigenvalue weighted by Gasteiger charge is 2.35. The molecule has 0 aliphatic rings. The highest BCUT2D eigenvalue weighted by molar-refractivity contribution is 5.34. The Hall–Kier alpha value is -2.29. The summed E-state index contributed by atoms with van der Waals surface area (Å²) >= 11 is 0. The van der Waals surface area contributed by atoms with Crippen molar-refractivity contribution in [1.82, 2.24) is 9.97 Å². The van der Waals surface area contributed by atoms with Crippen LogP contribution in [0.3, 0.4) is 0 Å². The first-order chi connectivity index (χ1) is 10.3. The van der Waals surface area contributed by atoms with Crippen molar-refractivity contribution in [2.24, 2.45) is 0 Å². The van der Waals surface area contributed by atoms with Crippen molar-refractivity contribution >= 4 is 0 Å². The van der Waals surface area contributed by atoms with Gasteiger partial charge in [-0.2, -0.15) is 18.2 Å². The lowest BCUT2D eigenvalue weighted by Gasteiger charge is -2.10. The van der Waals surface area contributed by atoms with Crippen molar-refractivity contribution in [3.63, 3.8) is 0 Å². The molecule has 1 aromatic heterocycles. The summed E-state index contributed by atoms with van der Waals surface area (Å²) in [4.78, 5) is 6.05. The molecule has 1 N–H and O–H groups in total. The van der Waals surface area contributed by atoms with E-state index in [-0.39, 0.29) is 18.6 Å². The van der Waals surface area contributed by atoms with Gasteiger partial charge in [-0.15, -0.1) is 0 Å². The minimum atomic E-state index is -4.80. The molecule has 2 aromatic rings. The zero-order valence-corrected chi connectivity index (χ0v) is 10.9. The smallest absolute Gasteiger partial charge is 0.433 e. The number of alkyl halides is 3. The van der Waals surface area contributed by atoms with Gasteiger partial charge in [-0.1, -0.05) is 0 Å². The fraction of sp³-hybridized carbons (Fsp3) is 0.231. The van der Waals surface area contributed by atoms with E-state index in [1.807, 2.05) is 0 Å². The summed E-state index contributed by atoms with van der Waals surface area (Å²) < 4.78 is 69.6. The first-order valence-electron chi connectivity index (χ1n) is 5.98. The van der Waals surface area contributed by atoms with Gasteiger partial charge < -0.3 is 9.84 Å². The van der Waals surface area contributed by atoms with E-state index in [4.69, 9.17) is 9.84 Å². The molecule has 0 saturated carbocycles. The maximum Gasteiger partial charge on any atom is 0.451 e. The molecule has 22 heavy (non-hydrogen) atoms. The molecular weight excluding hydrogens is 311 g/mol. The number of ether oxygens (including phenoxy) is 1. The first-order valence-corrected chi connectivity index (χ1v) is 5.98. The molecule has 0 unspecified atom stereocenters. The van der Waals surface area contributed by atoms with Crippen LogP contribution in [0.1, 0.15) is 11.4 Å². The van der Waals surface area contributed by atoms with Crippen LogP contribution >= 0.6 is 0 Å². The van der Waals surface area contributed by atoms with Gasteiger partial charge in [0.1, 0.15) is 0 Å². The Labute approximate surface area is 121 Å². The van der Waals surface area contributed by atoms with Gasteiger partial charge in [0.05, 0.1) is 0 Å². The molecule has 1 heterocycles. The van der Waals surface area contributed by atoms with Crippen molar-refractivity contribution < 1.29 is 31.8 Å². The van der Waals surface area contributed by atoms with Crippen LogP contribution in [-0.2, 0) is 12.6 Å².